The van der Waals surface area contributed by atoms with Gasteiger partial charge in [-0.3, -0.25) is 0 Å². The SMILES string of the molecule is CCOCC(N=C(N)Nc1ccccc1)C(C)C. The van der Waals surface area contributed by atoms with Gasteiger partial charge < -0.3 is 15.8 Å². The Morgan fingerprint density at radius 1 is 1.33 bits per heavy atom. The summed E-state index contributed by atoms with van der Waals surface area (Å²) in [6.45, 7) is 7.51. The molecule has 1 atom stereocenters. The van der Waals surface area contributed by atoms with E-state index in [1.807, 2.05) is 37.3 Å². The van der Waals surface area contributed by atoms with E-state index in [0.29, 0.717) is 25.1 Å². The summed E-state index contributed by atoms with van der Waals surface area (Å²) in [6, 6.07) is 9.86. The van der Waals surface area contributed by atoms with Crippen molar-refractivity contribution in [2.24, 2.45) is 16.6 Å². The molecule has 0 aromatic heterocycles. The van der Waals surface area contributed by atoms with Crippen molar-refractivity contribution in [2.75, 3.05) is 18.5 Å². The fourth-order valence-corrected chi connectivity index (χ4v) is 1.50. The van der Waals surface area contributed by atoms with Crippen molar-refractivity contribution in [3.63, 3.8) is 0 Å². The van der Waals surface area contributed by atoms with Gasteiger partial charge in [0.1, 0.15) is 0 Å². The van der Waals surface area contributed by atoms with Gasteiger partial charge in [0.15, 0.2) is 5.96 Å². The molecule has 1 unspecified atom stereocenters. The highest BCUT2D eigenvalue weighted by molar-refractivity contribution is 5.92. The number of hydrogen-bond acceptors (Lipinski definition) is 2. The lowest BCUT2D eigenvalue weighted by Crippen LogP contribution is -2.29. The molecule has 4 heteroatoms. The number of anilines is 1. The van der Waals surface area contributed by atoms with Crippen LogP contribution in [0.1, 0.15) is 20.8 Å². The monoisotopic (exact) mass is 249 g/mol. The lowest BCUT2D eigenvalue weighted by molar-refractivity contribution is 0.122. The quantitative estimate of drug-likeness (QED) is 0.601. The van der Waals surface area contributed by atoms with E-state index in [-0.39, 0.29) is 6.04 Å². The maximum Gasteiger partial charge on any atom is 0.193 e. The minimum Gasteiger partial charge on any atom is -0.380 e. The zero-order valence-electron chi connectivity index (χ0n) is 11.4. The fraction of sp³-hybridized carbons (Fsp3) is 0.500. The van der Waals surface area contributed by atoms with E-state index in [2.05, 4.69) is 24.2 Å². The minimum atomic E-state index is 0.0844. The van der Waals surface area contributed by atoms with Crippen molar-refractivity contribution in [3.8, 4) is 0 Å². The van der Waals surface area contributed by atoms with Gasteiger partial charge in [0.25, 0.3) is 0 Å². The number of benzene rings is 1. The van der Waals surface area contributed by atoms with Crippen molar-refractivity contribution in [2.45, 2.75) is 26.8 Å². The molecule has 0 saturated carbocycles. The van der Waals surface area contributed by atoms with E-state index < -0.39 is 0 Å². The Labute approximate surface area is 109 Å². The number of ether oxygens (including phenoxy) is 1. The van der Waals surface area contributed by atoms with Gasteiger partial charge >= 0.3 is 0 Å². The smallest absolute Gasteiger partial charge is 0.193 e. The molecule has 1 aromatic carbocycles. The molecule has 0 fully saturated rings. The van der Waals surface area contributed by atoms with Crippen LogP contribution in [0.2, 0.25) is 0 Å². The van der Waals surface area contributed by atoms with Crippen LogP contribution in [-0.4, -0.2) is 25.2 Å². The van der Waals surface area contributed by atoms with E-state index in [9.17, 15) is 0 Å². The van der Waals surface area contributed by atoms with Gasteiger partial charge in [-0.25, -0.2) is 4.99 Å². The first-order chi connectivity index (χ1) is 8.63. The average molecular weight is 249 g/mol. The van der Waals surface area contributed by atoms with Crippen LogP contribution in [0.25, 0.3) is 0 Å². The summed E-state index contributed by atoms with van der Waals surface area (Å²) >= 11 is 0. The molecule has 0 amide bonds. The Kier molecular flexibility index (Phi) is 6.22. The molecule has 0 aliphatic heterocycles. The molecule has 0 aliphatic carbocycles. The minimum absolute atomic E-state index is 0.0844. The van der Waals surface area contributed by atoms with Gasteiger partial charge in [-0.15, -0.1) is 0 Å². The molecule has 4 nitrogen and oxygen atoms in total. The van der Waals surface area contributed by atoms with Crippen LogP contribution < -0.4 is 11.1 Å². The first-order valence-electron chi connectivity index (χ1n) is 6.36. The molecule has 0 spiro atoms. The zero-order valence-corrected chi connectivity index (χ0v) is 11.4. The van der Waals surface area contributed by atoms with E-state index in [1.54, 1.807) is 0 Å². The van der Waals surface area contributed by atoms with Crippen molar-refractivity contribution >= 4 is 11.6 Å². The van der Waals surface area contributed by atoms with Crippen LogP contribution in [0.5, 0.6) is 0 Å². The number of rotatable bonds is 6. The molecular formula is C14H23N3O. The Hall–Kier alpha value is -1.55. The maximum atomic E-state index is 5.90. The van der Waals surface area contributed by atoms with Gasteiger partial charge in [-0.2, -0.15) is 0 Å². The first kappa shape index (κ1) is 14.5. The third-order valence-electron chi connectivity index (χ3n) is 2.61. The number of nitrogens with one attached hydrogen (secondary N) is 1. The van der Waals surface area contributed by atoms with E-state index in [4.69, 9.17) is 10.5 Å². The molecule has 0 heterocycles. The molecular weight excluding hydrogens is 226 g/mol. The Morgan fingerprint density at radius 2 is 2.00 bits per heavy atom. The summed E-state index contributed by atoms with van der Waals surface area (Å²) in [5.74, 6) is 0.826. The molecule has 1 rings (SSSR count). The van der Waals surface area contributed by atoms with Crippen LogP contribution >= 0.6 is 0 Å². The van der Waals surface area contributed by atoms with Gasteiger partial charge in [0, 0.05) is 12.3 Å². The van der Waals surface area contributed by atoms with Gasteiger partial charge in [-0.1, -0.05) is 32.0 Å². The first-order valence-corrected chi connectivity index (χ1v) is 6.36. The summed E-state index contributed by atoms with van der Waals surface area (Å²) in [4.78, 5) is 4.47. The van der Waals surface area contributed by atoms with E-state index in [0.717, 1.165) is 5.69 Å². The lowest BCUT2D eigenvalue weighted by atomic mass is 10.1. The third-order valence-corrected chi connectivity index (χ3v) is 2.61. The molecule has 18 heavy (non-hydrogen) atoms. The maximum absolute atomic E-state index is 5.90. The number of hydrogen-bond donors (Lipinski definition) is 2. The van der Waals surface area contributed by atoms with Crippen molar-refractivity contribution in [1.82, 2.24) is 0 Å². The van der Waals surface area contributed by atoms with E-state index in [1.165, 1.54) is 0 Å². The number of nitrogens with two attached hydrogens (primary N) is 1. The summed E-state index contributed by atoms with van der Waals surface area (Å²) in [7, 11) is 0. The van der Waals surface area contributed by atoms with Gasteiger partial charge in [-0.05, 0) is 25.0 Å². The molecule has 0 aliphatic rings. The summed E-state index contributed by atoms with van der Waals surface area (Å²) < 4.78 is 5.42. The Morgan fingerprint density at radius 3 is 2.56 bits per heavy atom. The summed E-state index contributed by atoms with van der Waals surface area (Å²) in [5.41, 5.74) is 6.84. The number of guanidine groups is 1. The van der Waals surface area contributed by atoms with E-state index >= 15 is 0 Å². The van der Waals surface area contributed by atoms with Gasteiger partial charge in [0.05, 0.1) is 12.6 Å². The number of aliphatic imine (C=N–C) groups is 1. The number of para-hydroxylation sites is 1. The Balaban J connectivity index is 2.61. The second-order valence-corrected chi connectivity index (χ2v) is 4.48. The van der Waals surface area contributed by atoms with Gasteiger partial charge in [0.2, 0.25) is 0 Å². The summed E-state index contributed by atoms with van der Waals surface area (Å²) in [6.07, 6.45) is 0. The normalized spacial score (nSPS) is 13.7. The molecule has 0 radical (unpaired) electrons. The molecule has 0 saturated heterocycles. The summed E-state index contributed by atoms with van der Waals surface area (Å²) in [5, 5.41) is 3.08. The third kappa shape index (κ3) is 5.19. The molecule has 100 valence electrons. The predicted molar refractivity (Wildman–Crippen MR) is 76.8 cm³/mol. The average Bonchev–Trinajstić information content (AvgIpc) is 2.35. The topological polar surface area (TPSA) is 59.6 Å². The molecule has 3 N–H and O–H groups in total. The lowest BCUT2D eigenvalue weighted by Gasteiger charge is -2.17. The second kappa shape index (κ2) is 7.71. The van der Waals surface area contributed by atoms with Crippen LogP contribution in [0.15, 0.2) is 35.3 Å². The molecule has 0 bridgehead atoms. The zero-order chi connectivity index (χ0) is 13.4. The van der Waals surface area contributed by atoms with Crippen molar-refractivity contribution in [3.05, 3.63) is 30.3 Å². The highest BCUT2D eigenvalue weighted by atomic mass is 16.5. The van der Waals surface area contributed by atoms with Crippen molar-refractivity contribution < 1.29 is 4.74 Å². The second-order valence-electron chi connectivity index (χ2n) is 4.48. The van der Waals surface area contributed by atoms with Crippen LogP contribution in [0.4, 0.5) is 5.69 Å². The van der Waals surface area contributed by atoms with Crippen molar-refractivity contribution in [1.29, 1.82) is 0 Å². The fourth-order valence-electron chi connectivity index (χ4n) is 1.50. The highest BCUT2D eigenvalue weighted by Crippen LogP contribution is 2.09. The highest BCUT2D eigenvalue weighted by Gasteiger charge is 2.12. The van der Waals surface area contributed by atoms with Crippen LogP contribution in [0.3, 0.4) is 0 Å². The van der Waals surface area contributed by atoms with Crippen LogP contribution in [0, 0.1) is 5.92 Å². The number of nitrogens with zero attached hydrogens (tertiary/aromatic N) is 1. The van der Waals surface area contributed by atoms with Crippen LogP contribution in [-0.2, 0) is 4.74 Å². The molecule has 1 aromatic rings. The predicted octanol–water partition coefficient (Wildman–Crippen LogP) is 2.47. The largest absolute Gasteiger partial charge is 0.380 e. The standard InChI is InChI=1S/C14H23N3O/c1-4-18-10-13(11(2)3)17-14(15)16-12-8-6-5-7-9-12/h5-9,11,13H,4,10H2,1-3H3,(H3,15,16,17). The Bertz CT molecular complexity index is 363.